The number of anilines is 2. The van der Waals surface area contributed by atoms with Gasteiger partial charge >= 0.3 is 0 Å². The van der Waals surface area contributed by atoms with Crippen molar-refractivity contribution < 1.29 is 9.47 Å². The van der Waals surface area contributed by atoms with Gasteiger partial charge in [-0.15, -0.1) is 0 Å². The molecular weight excluding hydrogens is 721 g/mol. The van der Waals surface area contributed by atoms with Crippen LogP contribution in [0.25, 0.3) is 44.5 Å². The maximum Gasteiger partial charge on any atom is 0.137 e. The molecule has 10 heteroatoms. The summed E-state index contributed by atoms with van der Waals surface area (Å²) in [6, 6.07) is 41.3. The van der Waals surface area contributed by atoms with E-state index in [2.05, 4.69) is 143 Å². The van der Waals surface area contributed by atoms with Crippen LogP contribution < -0.4 is 19.3 Å². The molecule has 10 nitrogen and oxygen atoms in total. The largest absolute Gasteiger partial charge is 0.457 e. The van der Waals surface area contributed by atoms with Crippen LogP contribution in [0.3, 0.4) is 0 Å². The fourth-order valence-electron chi connectivity index (χ4n) is 8.36. The highest BCUT2D eigenvalue weighted by Gasteiger charge is 2.26. The number of ether oxygens (including phenoxy) is 2. The molecule has 0 spiro atoms. The maximum atomic E-state index is 6.64. The summed E-state index contributed by atoms with van der Waals surface area (Å²) in [5, 5.41) is 2.09. The molecule has 0 aliphatic carbocycles. The van der Waals surface area contributed by atoms with Gasteiger partial charge < -0.3 is 29.1 Å². The lowest BCUT2D eigenvalue weighted by Gasteiger charge is -2.21. The Bertz CT molecular complexity index is 2750. The molecule has 0 bridgehead atoms. The van der Waals surface area contributed by atoms with Gasteiger partial charge in [0.2, 0.25) is 0 Å². The van der Waals surface area contributed by atoms with Gasteiger partial charge in [0.05, 0.1) is 35.4 Å². The highest BCUT2D eigenvalue weighted by molar-refractivity contribution is 6.20. The SMILES string of the molecule is CC1=C(C)N(c2cccc(Oc3ccc4c(c3)n(-c3ccccn3)c3c5ccc(Oc6cccc(N7CN(C)C(C)=C7C)c6)cc5n(-c5ccccn5)c43)c2)CN1C. The van der Waals surface area contributed by atoms with E-state index in [4.69, 9.17) is 19.4 Å². The number of hydrogen-bond donors (Lipinski definition) is 0. The minimum Gasteiger partial charge on any atom is -0.457 e. The molecule has 6 heterocycles. The molecule has 0 unspecified atom stereocenters. The van der Waals surface area contributed by atoms with Crippen LogP contribution in [0.5, 0.6) is 23.0 Å². The maximum absolute atomic E-state index is 6.64. The summed E-state index contributed by atoms with van der Waals surface area (Å²) in [6.07, 6.45) is 3.67. The Balaban J connectivity index is 1.10. The fraction of sp³-hybridized carbons (Fsp3) is 0.167. The Morgan fingerprint density at radius 3 is 1.26 bits per heavy atom. The van der Waals surface area contributed by atoms with Crippen molar-refractivity contribution in [2.75, 3.05) is 37.2 Å². The third-order valence-electron chi connectivity index (χ3n) is 11.8. The van der Waals surface area contributed by atoms with E-state index in [9.17, 15) is 0 Å². The average Bonchev–Trinajstić information content (AvgIpc) is 3.92. The highest BCUT2D eigenvalue weighted by Crippen LogP contribution is 2.43. The van der Waals surface area contributed by atoms with Gasteiger partial charge in [-0.05, 0) is 100 Å². The quantitative estimate of drug-likeness (QED) is 0.152. The Kier molecular flexibility index (Phi) is 8.36. The van der Waals surface area contributed by atoms with Gasteiger partial charge in [-0.2, -0.15) is 0 Å². The van der Waals surface area contributed by atoms with Gasteiger partial charge in [0.25, 0.3) is 0 Å². The van der Waals surface area contributed by atoms with E-state index in [1.807, 2.05) is 60.9 Å². The molecule has 0 saturated heterocycles. The zero-order valence-corrected chi connectivity index (χ0v) is 33.5. The number of hydrogen-bond acceptors (Lipinski definition) is 8. The van der Waals surface area contributed by atoms with E-state index in [0.717, 1.165) is 92.2 Å². The van der Waals surface area contributed by atoms with Crippen molar-refractivity contribution in [2.45, 2.75) is 27.7 Å². The van der Waals surface area contributed by atoms with Crippen LogP contribution in [0.4, 0.5) is 11.4 Å². The lowest BCUT2D eigenvalue weighted by Crippen LogP contribution is -2.24. The monoisotopic (exact) mass is 764 g/mol. The molecule has 8 aromatic rings. The molecule has 288 valence electrons. The normalized spacial score (nSPS) is 14.7. The predicted molar refractivity (Wildman–Crippen MR) is 233 cm³/mol. The second kappa shape index (κ2) is 13.8. The number of allylic oxidation sites excluding steroid dienone is 4. The number of fused-ring (bicyclic) bond motifs is 5. The van der Waals surface area contributed by atoms with Crippen LogP contribution >= 0.6 is 0 Å². The summed E-state index contributed by atoms with van der Waals surface area (Å²) in [5.41, 5.74) is 11.2. The van der Waals surface area contributed by atoms with Crippen LogP contribution in [0.2, 0.25) is 0 Å². The Labute approximate surface area is 337 Å². The van der Waals surface area contributed by atoms with Gasteiger partial charge in [0.15, 0.2) is 0 Å². The topological polar surface area (TPSA) is 67.1 Å². The number of pyridine rings is 2. The van der Waals surface area contributed by atoms with E-state index >= 15 is 0 Å². The van der Waals surface area contributed by atoms with E-state index in [-0.39, 0.29) is 0 Å². The van der Waals surface area contributed by atoms with E-state index < -0.39 is 0 Å². The molecule has 0 N–H and O–H groups in total. The molecular formula is C48H44N8O2. The van der Waals surface area contributed by atoms with Crippen LogP contribution in [0.1, 0.15) is 27.7 Å². The van der Waals surface area contributed by atoms with Gasteiger partial charge in [0, 0.05) is 95.7 Å². The Hall–Kier alpha value is -7.20. The zero-order chi connectivity index (χ0) is 39.7. The molecule has 0 fully saturated rings. The van der Waals surface area contributed by atoms with Gasteiger partial charge in [0.1, 0.15) is 34.6 Å². The summed E-state index contributed by atoms with van der Waals surface area (Å²) in [4.78, 5) is 18.9. The highest BCUT2D eigenvalue weighted by atomic mass is 16.5. The van der Waals surface area contributed by atoms with Crippen LogP contribution in [-0.2, 0) is 0 Å². The second-order valence-corrected chi connectivity index (χ2v) is 15.2. The van der Waals surface area contributed by atoms with Crippen molar-refractivity contribution in [1.82, 2.24) is 28.9 Å². The third kappa shape index (κ3) is 5.79. The average molecular weight is 765 g/mol. The van der Waals surface area contributed by atoms with E-state index in [0.29, 0.717) is 0 Å². The molecule has 0 amide bonds. The van der Waals surface area contributed by atoms with Crippen LogP contribution in [0, 0.1) is 0 Å². The molecule has 0 atom stereocenters. The first kappa shape index (κ1) is 35.2. The predicted octanol–water partition coefficient (Wildman–Crippen LogP) is 11.0. The fourth-order valence-corrected chi connectivity index (χ4v) is 8.36. The first-order chi connectivity index (χ1) is 28.2. The summed E-state index contributed by atoms with van der Waals surface area (Å²) in [7, 11) is 4.24. The van der Waals surface area contributed by atoms with Crippen molar-refractivity contribution in [3.05, 3.63) is 157 Å². The zero-order valence-electron chi connectivity index (χ0n) is 33.5. The van der Waals surface area contributed by atoms with Gasteiger partial charge in [-0.3, -0.25) is 9.13 Å². The summed E-state index contributed by atoms with van der Waals surface area (Å²) in [5.74, 6) is 4.62. The molecule has 10 rings (SSSR count). The smallest absolute Gasteiger partial charge is 0.137 e. The minimum absolute atomic E-state index is 0.733. The van der Waals surface area contributed by atoms with E-state index in [1.54, 1.807) is 0 Å². The Morgan fingerprint density at radius 1 is 0.448 bits per heavy atom. The lowest BCUT2D eigenvalue weighted by molar-refractivity contribution is 0.459. The molecule has 0 radical (unpaired) electrons. The molecule has 0 saturated carbocycles. The summed E-state index contributed by atoms with van der Waals surface area (Å²) < 4.78 is 17.8. The first-order valence-corrected chi connectivity index (χ1v) is 19.6. The summed E-state index contributed by atoms with van der Waals surface area (Å²) in [6.45, 7) is 10.3. The molecule has 2 aliphatic rings. The second-order valence-electron chi connectivity index (χ2n) is 15.2. The number of rotatable bonds is 8. The van der Waals surface area contributed by atoms with Crippen molar-refractivity contribution in [2.24, 2.45) is 0 Å². The van der Waals surface area contributed by atoms with Crippen molar-refractivity contribution in [1.29, 1.82) is 0 Å². The molecule has 4 aromatic heterocycles. The summed E-state index contributed by atoms with van der Waals surface area (Å²) >= 11 is 0. The molecule has 4 aromatic carbocycles. The van der Waals surface area contributed by atoms with Crippen molar-refractivity contribution in [3.63, 3.8) is 0 Å². The number of benzene rings is 4. The molecule has 58 heavy (non-hydrogen) atoms. The number of nitrogens with zero attached hydrogens (tertiary/aromatic N) is 8. The van der Waals surface area contributed by atoms with Gasteiger partial charge in [-0.25, -0.2) is 9.97 Å². The molecule has 2 aliphatic heterocycles. The van der Waals surface area contributed by atoms with E-state index in [1.165, 1.54) is 22.8 Å². The first-order valence-electron chi connectivity index (χ1n) is 19.6. The van der Waals surface area contributed by atoms with Crippen LogP contribution in [-0.4, -0.2) is 56.3 Å². The van der Waals surface area contributed by atoms with Gasteiger partial charge in [-0.1, -0.05) is 24.3 Å². The Morgan fingerprint density at radius 2 is 0.879 bits per heavy atom. The van der Waals surface area contributed by atoms with Crippen LogP contribution in [0.15, 0.2) is 157 Å². The van der Waals surface area contributed by atoms with Crippen molar-refractivity contribution >= 4 is 44.2 Å². The lowest BCUT2D eigenvalue weighted by atomic mass is 10.2. The van der Waals surface area contributed by atoms with Crippen molar-refractivity contribution in [3.8, 4) is 34.6 Å². The number of aromatic nitrogens is 4. The third-order valence-corrected chi connectivity index (χ3v) is 11.8. The standard InChI is InChI=1S/C48H44N8O2/c1-31-33(3)53(29-51(31)5)35-13-11-15-37(25-35)57-39-19-21-41-43(27-39)55(45-17-7-9-23-49-45)48-42-22-20-40(28-44(42)56(47(41)48)46-18-8-10-24-50-46)58-38-16-12-14-36(26-38)54-30-52(6)32(2)34(54)4/h7-28H,29-30H2,1-6H3. The minimum atomic E-state index is 0.733.